The van der Waals surface area contributed by atoms with Crippen LogP contribution in [0.5, 0.6) is 0 Å². The highest BCUT2D eigenvalue weighted by atomic mass is 16.5. The van der Waals surface area contributed by atoms with Crippen molar-refractivity contribution in [2.45, 2.75) is 65.6 Å². The summed E-state index contributed by atoms with van der Waals surface area (Å²) in [5.41, 5.74) is 2.53. The van der Waals surface area contributed by atoms with Gasteiger partial charge in [0.05, 0.1) is 33.2 Å². The monoisotopic (exact) mass is 539 g/mol. The molecule has 0 atom stereocenters. The molecule has 0 saturated carbocycles. The molecule has 0 radical (unpaired) electrons. The zero-order valence-electron chi connectivity index (χ0n) is 24.3. The molecule has 0 bridgehead atoms. The van der Waals surface area contributed by atoms with Crippen LogP contribution in [-0.4, -0.2) is 95.9 Å². The van der Waals surface area contributed by atoms with E-state index in [4.69, 9.17) is 4.74 Å². The lowest BCUT2D eigenvalue weighted by Gasteiger charge is -2.24. The number of aromatic nitrogens is 2. The number of nitrogens with zero attached hydrogens (tertiary/aromatic N) is 5. The summed E-state index contributed by atoms with van der Waals surface area (Å²) in [5.74, 6) is 1.86. The molecule has 2 aromatic rings. The van der Waals surface area contributed by atoms with Gasteiger partial charge < -0.3 is 19.9 Å². The highest BCUT2D eigenvalue weighted by Crippen LogP contribution is 2.13. The number of carbonyl (C=O) groups is 1. The maximum atomic E-state index is 11.8. The molecule has 39 heavy (non-hydrogen) atoms. The molecule has 0 amide bonds. The van der Waals surface area contributed by atoms with Crippen LogP contribution < -0.4 is 5.32 Å². The molecule has 3 rings (SSSR count). The maximum Gasteiger partial charge on any atom is 0.306 e. The normalized spacial score (nSPS) is 13.3. The summed E-state index contributed by atoms with van der Waals surface area (Å²) in [5, 5.41) is 3.38. The van der Waals surface area contributed by atoms with Gasteiger partial charge in [-0.1, -0.05) is 38.1 Å². The number of unbranched alkanes of at least 4 members (excludes halogenated alkanes) is 1. The molecular formula is C30H49N7O2. The number of imidazole rings is 1. The van der Waals surface area contributed by atoms with Crippen LogP contribution in [0.3, 0.4) is 0 Å². The molecule has 0 fully saturated rings. The molecule has 1 aliphatic heterocycles. The highest BCUT2D eigenvalue weighted by molar-refractivity contribution is 5.85. The molecule has 0 unspecified atom stereocenters. The molecule has 0 spiro atoms. The number of aliphatic imine (C=N–C) groups is 1. The van der Waals surface area contributed by atoms with Crippen molar-refractivity contribution >= 4 is 11.8 Å². The lowest BCUT2D eigenvalue weighted by Crippen LogP contribution is -2.34. The van der Waals surface area contributed by atoms with Gasteiger partial charge in [-0.25, -0.2) is 4.98 Å². The van der Waals surface area contributed by atoms with Crippen molar-refractivity contribution in [2.75, 3.05) is 59.5 Å². The second-order valence-corrected chi connectivity index (χ2v) is 10.4. The average Bonchev–Trinajstić information content (AvgIpc) is 3.65. The van der Waals surface area contributed by atoms with Crippen molar-refractivity contribution in [1.82, 2.24) is 30.0 Å². The SMILES string of the molecule is CCCN(CCC)CCCCN(CCC(=O)OC)Cc1ccc(CN(CC2=NCCN2)Cc2ncc[nH]2)cc1. The molecule has 0 saturated heterocycles. The number of methoxy groups -OCH3 is 1. The first kappa shape index (κ1) is 30.8. The van der Waals surface area contributed by atoms with E-state index in [1.165, 1.54) is 50.6 Å². The third-order valence-electron chi connectivity index (χ3n) is 7.02. The third kappa shape index (κ3) is 11.9. The fourth-order valence-electron chi connectivity index (χ4n) is 5.06. The van der Waals surface area contributed by atoms with E-state index in [2.05, 4.69) is 73.1 Å². The van der Waals surface area contributed by atoms with E-state index >= 15 is 0 Å². The van der Waals surface area contributed by atoms with Gasteiger partial charge in [0.15, 0.2) is 0 Å². The lowest BCUT2D eigenvalue weighted by molar-refractivity contribution is -0.141. The quantitative estimate of drug-likeness (QED) is 0.196. The Labute approximate surface area is 235 Å². The van der Waals surface area contributed by atoms with Crippen LogP contribution in [0, 0.1) is 0 Å². The second kappa shape index (κ2) is 17.8. The summed E-state index contributed by atoms with van der Waals surface area (Å²) in [6, 6.07) is 8.89. The fraction of sp³-hybridized carbons (Fsp3) is 0.633. The molecular weight excluding hydrogens is 490 g/mol. The summed E-state index contributed by atoms with van der Waals surface area (Å²) < 4.78 is 4.90. The van der Waals surface area contributed by atoms with Crippen molar-refractivity contribution < 1.29 is 9.53 Å². The van der Waals surface area contributed by atoms with Crippen molar-refractivity contribution in [3.05, 3.63) is 53.6 Å². The van der Waals surface area contributed by atoms with Gasteiger partial charge in [0.25, 0.3) is 0 Å². The predicted octanol–water partition coefficient (Wildman–Crippen LogP) is 3.68. The second-order valence-electron chi connectivity index (χ2n) is 10.4. The predicted molar refractivity (Wildman–Crippen MR) is 158 cm³/mol. The topological polar surface area (TPSA) is 89.1 Å². The number of benzene rings is 1. The van der Waals surface area contributed by atoms with Gasteiger partial charge in [-0.3, -0.25) is 19.6 Å². The summed E-state index contributed by atoms with van der Waals surface area (Å²) in [4.78, 5) is 31.4. The van der Waals surface area contributed by atoms with Gasteiger partial charge in [-0.05, 0) is 63.0 Å². The van der Waals surface area contributed by atoms with E-state index in [1.807, 2.05) is 6.20 Å². The minimum absolute atomic E-state index is 0.148. The Hall–Kier alpha value is -2.75. The Morgan fingerprint density at radius 1 is 0.872 bits per heavy atom. The van der Waals surface area contributed by atoms with E-state index in [9.17, 15) is 4.79 Å². The molecule has 9 heteroatoms. The van der Waals surface area contributed by atoms with Crippen LogP contribution in [0.4, 0.5) is 0 Å². The summed E-state index contributed by atoms with van der Waals surface area (Å²) in [6.07, 6.45) is 8.80. The average molecular weight is 540 g/mol. The standard InChI is InChI=1S/C30H49N7O2/c1-4-17-35(18-5-2)19-6-7-20-36(21-12-30(38)39-3)22-26-8-10-27(11-9-26)23-37(24-28-31-13-14-32-28)25-29-33-15-16-34-29/h8-11,13-14H,4-7,12,15-25H2,1-3H3,(H,31,32)(H,33,34). The van der Waals surface area contributed by atoms with E-state index in [-0.39, 0.29) is 5.97 Å². The Morgan fingerprint density at radius 3 is 2.10 bits per heavy atom. The molecule has 1 aliphatic rings. The van der Waals surface area contributed by atoms with Crippen LogP contribution in [0.1, 0.15) is 62.9 Å². The number of esters is 1. The molecule has 2 heterocycles. The van der Waals surface area contributed by atoms with Crippen molar-refractivity contribution in [2.24, 2.45) is 4.99 Å². The number of aromatic amines is 1. The van der Waals surface area contributed by atoms with Gasteiger partial charge in [0, 0.05) is 38.6 Å². The van der Waals surface area contributed by atoms with Crippen LogP contribution in [0.2, 0.25) is 0 Å². The Bertz CT molecular complexity index is 956. The fourth-order valence-corrected chi connectivity index (χ4v) is 5.06. The zero-order chi connectivity index (χ0) is 27.7. The molecule has 2 N–H and O–H groups in total. The smallest absolute Gasteiger partial charge is 0.306 e. The number of nitrogens with one attached hydrogen (secondary N) is 2. The lowest BCUT2D eigenvalue weighted by atomic mass is 10.1. The van der Waals surface area contributed by atoms with E-state index < -0.39 is 0 Å². The number of hydrogen-bond acceptors (Lipinski definition) is 8. The molecule has 0 aliphatic carbocycles. The molecule has 1 aromatic carbocycles. The highest BCUT2D eigenvalue weighted by Gasteiger charge is 2.15. The summed E-state index contributed by atoms with van der Waals surface area (Å²) in [6.45, 7) is 14.6. The molecule has 1 aromatic heterocycles. The van der Waals surface area contributed by atoms with Crippen molar-refractivity contribution in [3.63, 3.8) is 0 Å². The van der Waals surface area contributed by atoms with E-state index in [1.54, 1.807) is 6.20 Å². The van der Waals surface area contributed by atoms with Crippen LogP contribution >= 0.6 is 0 Å². The van der Waals surface area contributed by atoms with Crippen LogP contribution in [0.25, 0.3) is 0 Å². The minimum Gasteiger partial charge on any atom is -0.469 e. The van der Waals surface area contributed by atoms with Gasteiger partial charge >= 0.3 is 5.97 Å². The number of H-pyrrole nitrogens is 1. The van der Waals surface area contributed by atoms with Gasteiger partial charge in [-0.2, -0.15) is 0 Å². The number of carbonyl (C=O) groups excluding carboxylic acids is 1. The number of ether oxygens (including phenoxy) is 1. The van der Waals surface area contributed by atoms with Gasteiger partial charge in [0.2, 0.25) is 0 Å². The molecule has 216 valence electrons. The van der Waals surface area contributed by atoms with Gasteiger partial charge in [-0.15, -0.1) is 0 Å². The number of hydrogen-bond donors (Lipinski definition) is 2. The van der Waals surface area contributed by atoms with Crippen LogP contribution in [0.15, 0.2) is 41.7 Å². The Morgan fingerprint density at radius 2 is 1.54 bits per heavy atom. The first-order valence-electron chi connectivity index (χ1n) is 14.7. The minimum atomic E-state index is -0.148. The molecule has 9 nitrogen and oxygen atoms in total. The van der Waals surface area contributed by atoms with E-state index in [0.29, 0.717) is 13.0 Å². The zero-order valence-corrected chi connectivity index (χ0v) is 24.3. The van der Waals surface area contributed by atoms with Crippen LogP contribution in [-0.2, 0) is 29.2 Å². The van der Waals surface area contributed by atoms with Gasteiger partial charge in [0.1, 0.15) is 11.7 Å². The van der Waals surface area contributed by atoms with Crippen molar-refractivity contribution in [3.8, 4) is 0 Å². The maximum absolute atomic E-state index is 11.8. The number of rotatable bonds is 20. The van der Waals surface area contributed by atoms with Crippen molar-refractivity contribution in [1.29, 1.82) is 0 Å². The first-order chi connectivity index (χ1) is 19.1. The number of amidine groups is 1. The summed E-state index contributed by atoms with van der Waals surface area (Å²) in [7, 11) is 1.46. The first-order valence-corrected chi connectivity index (χ1v) is 14.7. The Kier molecular flexibility index (Phi) is 14.0. The summed E-state index contributed by atoms with van der Waals surface area (Å²) >= 11 is 0. The third-order valence-corrected chi connectivity index (χ3v) is 7.02. The Balaban J connectivity index is 1.55. The van der Waals surface area contributed by atoms with E-state index in [0.717, 1.165) is 70.4 Å². The largest absolute Gasteiger partial charge is 0.469 e.